The van der Waals surface area contributed by atoms with Crippen molar-refractivity contribution in [3.05, 3.63) is 66.5 Å². The number of para-hydroxylation sites is 1. The van der Waals surface area contributed by atoms with Crippen LogP contribution in [0.3, 0.4) is 0 Å². The number of hydrogen-bond donors (Lipinski definition) is 1. The molecule has 1 saturated heterocycles. The molecule has 0 aliphatic carbocycles. The van der Waals surface area contributed by atoms with Gasteiger partial charge in [0.25, 0.3) is 0 Å². The third-order valence-corrected chi connectivity index (χ3v) is 7.32. The smallest absolute Gasteiger partial charge is 0.246 e. The lowest BCUT2D eigenvalue weighted by atomic mass is 10.2. The van der Waals surface area contributed by atoms with Gasteiger partial charge in [-0.05, 0) is 48.7 Å². The molecular formula is C23H26N4O4S. The van der Waals surface area contributed by atoms with Crippen LogP contribution in [0.25, 0.3) is 5.69 Å². The molecule has 1 fully saturated rings. The van der Waals surface area contributed by atoms with Crippen molar-refractivity contribution in [2.45, 2.75) is 30.6 Å². The number of carbonyl (C=O) groups excluding carboxylic acids is 1. The minimum Gasteiger partial charge on any atom is -0.495 e. The highest BCUT2D eigenvalue weighted by molar-refractivity contribution is 7.89. The number of rotatable bonds is 7. The molecule has 0 radical (unpaired) electrons. The molecule has 1 aliphatic rings. The zero-order chi connectivity index (χ0) is 22.6. The van der Waals surface area contributed by atoms with Crippen LogP contribution in [-0.2, 0) is 21.2 Å². The van der Waals surface area contributed by atoms with Crippen molar-refractivity contribution < 1.29 is 17.9 Å². The minimum absolute atomic E-state index is 0.0663. The topological polar surface area (TPSA) is 93.5 Å². The van der Waals surface area contributed by atoms with Gasteiger partial charge in [0.1, 0.15) is 10.6 Å². The molecule has 1 aliphatic heterocycles. The number of nitrogens with zero attached hydrogens (tertiary/aromatic N) is 3. The first kappa shape index (κ1) is 22.0. The summed E-state index contributed by atoms with van der Waals surface area (Å²) in [4.78, 5) is 12.7. The molecule has 9 heteroatoms. The highest BCUT2D eigenvalue weighted by Gasteiger charge is 2.29. The van der Waals surface area contributed by atoms with Crippen molar-refractivity contribution in [3.63, 3.8) is 0 Å². The Bertz CT molecular complexity index is 1190. The van der Waals surface area contributed by atoms with Gasteiger partial charge in [0.2, 0.25) is 15.9 Å². The van der Waals surface area contributed by atoms with Gasteiger partial charge in [-0.2, -0.15) is 9.40 Å². The molecule has 2 heterocycles. The van der Waals surface area contributed by atoms with E-state index in [1.807, 2.05) is 30.3 Å². The Morgan fingerprint density at radius 2 is 1.84 bits per heavy atom. The number of hydrogen-bond acceptors (Lipinski definition) is 5. The number of nitrogens with one attached hydrogen (secondary N) is 1. The van der Waals surface area contributed by atoms with Gasteiger partial charge >= 0.3 is 0 Å². The minimum atomic E-state index is -3.71. The van der Waals surface area contributed by atoms with Gasteiger partial charge in [-0.3, -0.25) is 4.79 Å². The van der Waals surface area contributed by atoms with E-state index >= 15 is 0 Å². The predicted molar refractivity (Wildman–Crippen MR) is 122 cm³/mol. The SMILES string of the molecule is COc1ccc(NC(=O)Cc2cnn(-c3ccccc3)c2)cc1S(=O)(=O)N1CCCCC1. The fourth-order valence-corrected chi connectivity index (χ4v) is 5.46. The van der Waals surface area contributed by atoms with Crippen molar-refractivity contribution in [3.8, 4) is 11.4 Å². The summed E-state index contributed by atoms with van der Waals surface area (Å²) in [7, 11) is -2.27. The van der Waals surface area contributed by atoms with Crippen LogP contribution in [0.4, 0.5) is 5.69 Å². The third-order valence-electron chi connectivity index (χ3n) is 5.40. The summed E-state index contributed by atoms with van der Waals surface area (Å²) in [6, 6.07) is 14.3. The van der Waals surface area contributed by atoms with Crippen molar-refractivity contribution in [2.24, 2.45) is 0 Å². The molecule has 1 N–H and O–H groups in total. The lowest BCUT2D eigenvalue weighted by Crippen LogP contribution is -2.35. The van der Waals surface area contributed by atoms with E-state index in [2.05, 4.69) is 10.4 Å². The van der Waals surface area contributed by atoms with Crippen LogP contribution in [-0.4, -0.2) is 48.6 Å². The van der Waals surface area contributed by atoms with Crippen LogP contribution >= 0.6 is 0 Å². The molecule has 8 nitrogen and oxygen atoms in total. The molecule has 2 aromatic carbocycles. The second-order valence-corrected chi connectivity index (χ2v) is 9.59. The molecule has 168 valence electrons. The van der Waals surface area contributed by atoms with Crippen LogP contribution in [0.1, 0.15) is 24.8 Å². The summed E-state index contributed by atoms with van der Waals surface area (Å²) in [5.74, 6) is 0.00167. The van der Waals surface area contributed by atoms with Crippen molar-refractivity contribution >= 4 is 21.6 Å². The van der Waals surface area contributed by atoms with E-state index in [0.29, 0.717) is 18.8 Å². The normalized spacial score (nSPS) is 14.8. The maximum absolute atomic E-state index is 13.2. The molecule has 0 atom stereocenters. The Hall–Kier alpha value is -3.17. The second-order valence-electron chi connectivity index (χ2n) is 7.68. The Labute approximate surface area is 187 Å². The van der Waals surface area contributed by atoms with Crippen molar-refractivity contribution in [2.75, 3.05) is 25.5 Å². The Kier molecular flexibility index (Phi) is 6.57. The van der Waals surface area contributed by atoms with E-state index in [1.165, 1.54) is 17.5 Å². The first-order valence-electron chi connectivity index (χ1n) is 10.5. The second kappa shape index (κ2) is 9.54. The maximum Gasteiger partial charge on any atom is 0.246 e. The molecule has 32 heavy (non-hydrogen) atoms. The van der Waals surface area contributed by atoms with E-state index in [0.717, 1.165) is 30.5 Å². The summed E-state index contributed by atoms with van der Waals surface area (Å²) in [6.45, 7) is 0.987. The van der Waals surface area contributed by atoms with E-state index in [9.17, 15) is 13.2 Å². The lowest BCUT2D eigenvalue weighted by molar-refractivity contribution is -0.115. The number of anilines is 1. The average Bonchev–Trinajstić information content (AvgIpc) is 3.28. The Morgan fingerprint density at radius 3 is 2.56 bits per heavy atom. The number of methoxy groups -OCH3 is 1. The number of aromatic nitrogens is 2. The molecule has 4 rings (SSSR count). The number of benzene rings is 2. The first-order valence-corrected chi connectivity index (χ1v) is 12.0. The lowest BCUT2D eigenvalue weighted by Gasteiger charge is -2.26. The summed E-state index contributed by atoms with van der Waals surface area (Å²) >= 11 is 0. The summed E-state index contributed by atoms with van der Waals surface area (Å²) < 4.78 is 34.8. The number of amides is 1. The van der Waals surface area contributed by atoms with Crippen LogP contribution < -0.4 is 10.1 Å². The maximum atomic E-state index is 13.2. The number of sulfonamides is 1. The average molecular weight is 455 g/mol. The first-order chi connectivity index (χ1) is 15.5. The molecule has 3 aromatic rings. The number of piperidine rings is 1. The molecule has 0 saturated carbocycles. The van der Waals surface area contributed by atoms with Crippen LogP contribution in [0.5, 0.6) is 5.75 Å². The zero-order valence-corrected chi connectivity index (χ0v) is 18.7. The summed E-state index contributed by atoms with van der Waals surface area (Å²) in [6.07, 6.45) is 6.28. The van der Waals surface area contributed by atoms with Crippen molar-refractivity contribution in [1.29, 1.82) is 0 Å². The molecular weight excluding hydrogens is 428 g/mol. The highest BCUT2D eigenvalue weighted by atomic mass is 32.2. The van der Waals surface area contributed by atoms with Crippen LogP contribution in [0, 0.1) is 0 Å². The zero-order valence-electron chi connectivity index (χ0n) is 17.9. The fourth-order valence-electron chi connectivity index (χ4n) is 3.76. The fraction of sp³-hybridized carbons (Fsp3) is 0.304. The molecule has 0 bridgehead atoms. The van der Waals surface area contributed by atoms with Gasteiger partial charge < -0.3 is 10.1 Å². The Balaban J connectivity index is 1.49. The number of carbonyl (C=O) groups is 1. The standard InChI is InChI=1S/C23H26N4O4S/c1-31-21-11-10-19(15-22(21)32(29,30)26-12-6-3-7-13-26)25-23(28)14-18-16-24-27(17-18)20-8-4-2-5-9-20/h2,4-5,8-11,15-17H,3,6-7,12-14H2,1H3,(H,25,28). The van der Waals surface area contributed by atoms with E-state index in [1.54, 1.807) is 29.2 Å². The number of ether oxygens (including phenoxy) is 1. The predicted octanol–water partition coefficient (Wildman–Crippen LogP) is 3.24. The van der Waals surface area contributed by atoms with Gasteiger partial charge in [0.05, 0.1) is 25.4 Å². The van der Waals surface area contributed by atoms with E-state index < -0.39 is 10.0 Å². The van der Waals surface area contributed by atoms with Crippen LogP contribution in [0.15, 0.2) is 65.8 Å². The Morgan fingerprint density at radius 1 is 1.09 bits per heavy atom. The van der Waals surface area contributed by atoms with Gasteiger partial charge in [-0.15, -0.1) is 0 Å². The summed E-state index contributed by atoms with van der Waals surface area (Å²) in [5, 5.41) is 7.09. The van der Waals surface area contributed by atoms with Gasteiger partial charge in [0.15, 0.2) is 0 Å². The van der Waals surface area contributed by atoms with Gasteiger partial charge in [-0.25, -0.2) is 13.1 Å². The van der Waals surface area contributed by atoms with Crippen molar-refractivity contribution in [1.82, 2.24) is 14.1 Å². The van der Waals surface area contributed by atoms with E-state index in [4.69, 9.17) is 4.74 Å². The van der Waals surface area contributed by atoms with Gasteiger partial charge in [-0.1, -0.05) is 24.6 Å². The van der Waals surface area contributed by atoms with E-state index in [-0.39, 0.29) is 23.0 Å². The molecule has 1 amide bonds. The molecule has 0 spiro atoms. The highest BCUT2D eigenvalue weighted by Crippen LogP contribution is 2.31. The third kappa shape index (κ3) is 4.84. The largest absolute Gasteiger partial charge is 0.495 e. The quantitative estimate of drug-likeness (QED) is 0.592. The van der Waals surface area contributed by atoms with Crippen LogP contribution in [0.2, 0.25) is 0 Å². The van der Waals surface area contributed by atoms with Gasteiger partial charge in [0, 0.05) is 25.0 Å². The molecule has 0 unspecified atom stereocenters. The summed E-state index contributed by atoms with van der Waals surface area (Å²) in [5.41, 5.74) is 2.06. The molecule has 1 aromatic heterocycles. The monoisotopic (exact) mass is 454 g/mol.